The van der Waals surface area contributed by atoms with E-state index in [1.54, 1.807) is 0 Å². The number of carboxylic acid groups (broad SMARTS) is 1. The van der Waals surface area contributed by atoms with Crippen LogP contribution in [0.25, 0.3) is 0 Å². The van der Waals surface area contributed by atoms with Crippen LogP contribution < -0.4 is 4.74 Å². The Morgan fingerprint density at radius 2 is 2.25 bits per heavy atom. The highest BCUT2D eigenvalue weighted by Crippen LogP contribution is 2.27. The highest BCUT2D eigenvalue weighted by atomic mass is 19.1. The zero-order valence-corrected chi connectivity index (χ0v) is 8.27. The van der Waals surface area contributed by atoms with E-state index in [1.165, 1.54) is 6.07 Å². The van der Waals surface area contributed by atoms with Crippen LogP contribution in [-0.4, -0.2) is 23.5 Å². The zero-order chi connectivity index (χ0) is 11.7. The zero-order valence-electron chi connectivity index (χ0n) is 8.27. The molecule has 0 saturated heterocycles. The number of ether oxygens (including phenoxy) is 1. The van der Waals surface area contributed by atoms with Gasteiger partial charge in [-0.05, 0) is 12.1 Å². The van der Waals surface area contributed by atoms with Crippen molar-refractivity contribution in [2.75, 3.05) is 6.61 Å². The van der Waals surface area contributed by atoms with Crippen molar-refractivity contribution in [1.82, 2.24) is 0 Å². The van der Waals surface area contributed by atoms with Gasteiger partial charge in [-0.3, -0.25) is 9.59 Å². The maximum Gasteiger partial charge on any atom is 0.314 e. The topological polar surface area (TPSA) is 63.6 Å². The normalized spacial score (nSPS) is 19.6. The molecule has 0 bridgehead atoms. The minimum absolute atomic E-state index is 0.0964. The van der Waals surface area contributed by atoms with Gasteiger partial charge in [-0.1, -0.05) is 0 Å². The predicted octanol–water partition coefficient (Wildman–Crippen LogP) is 1.49. The highest BCUT2D eigenvalue weighted by molar-refractivity contribution is 6.09. The van der Waals surface area contributed by atoms with Crippen LogP contribution in [0.2, 0.25) is 0 Å². The Labute approximate surface area is 90.6 Å². The Bertz CT molecular complexity index is 455. The smallest absolute Gasteiger partial charge is 0.314 e. The fourth-order valence-corrected chi connectivity index (χ4v) is 1.66. The van der Waals surface area contributed by atoms with Crippen LogP contribution in [0.5, 0.6) is 5.75 Å². The molecule has 0 aromatic heterocycles. The molecule has 1 heterocycles. The van der Waals surface area contributed by atoms with Crippen molar-refractivity contribution in [2.24, 2.45) is 5.92 Å². The van der Waals surface area contributed by atoms with Gasteiger partial charge in [-0.2, -0.15) is 0 Å². The third-order valence-electron chi connectivity index (χ3n) is 2.49. The molecular weight excluding hydrogens is 215 g/mol. The lowest BCUT2D eigenvalue weighted by molar-refractivity contribution is -0.140. The number of benzene rings is 1. The molecule has 0 amide bonds. The summed E-state index contributed by atoms with van der Waals surface area (Å²) in [6.45, 7) is 0.0964. The van der Waals surface area contributed by atoms with Crippen LogP contribution in [0.4, 0.5) is 4.39 Å². The minimum atomic E-state index is -1.18. The third-order valence-corrected chi connectivity index (χ3v) is 2.49. The fraction of sp³-hybridized carbons (Fsp3) is 0.273. The number of carboxylic acids is 1. The summed E-state index contributed by atoms with van der Waals surface area (Å²) >= 11 is 0. The number of fused-ring (bicyclic) bond motifs is 1. The van der Waals surface area contributed by atoms with Crippen molar-refractivity contribution in [1.29, 1.82) is 0 Å². The monoisotopic (exact) mass is 224 g/mol. The number of hydrogen-bond donors (Lipinski definition) is 1. The number of hydrogen-bond acceptors (Lipinski definition) is 3. The Balaban J connectivity index is 2.45. The molecule has 1 atom stereocenters. The number of carbonyl (C=O) groups is 2. The molecule has 16 heavy (non-hydrogen) atoms. The summed E-state index contributed by atoms with van der Waals surface area (Å²) < 4.78 is 18.1. The molecule has 1 aliphatic heterocycles. The summed E-state index contributed by atoms with van der Waals surface area (Å²) in [5.74, 6) is -3.20. The lowest BCUT2D eigenvalue weighted by Gasteiger charge is -2.06. The lowest BCUT2D eigenvalue weighted by atomic mass is 9.95. The average molecular weight is 224 g/mol. The molecule has 2 rings (SSSR count). The van der Waals surface area contributed by atoms with E-state index in [1.807, 2.05) is 0 Å². The number of aliphatic carboxylic acids is 1. The van der Waals surface area contributed by atoms with Crippen molar-refractivity contribution in [2.45, 2.75) is 6.42 Å². The van der Waals surface area contributed by atoms with Gasteiger partial charge in [0.05, 0.1) is 12.2 Å². The van der Waals surface area contributed by atoms with Gasteiger partial charge in [0, 0.05) is 12.5 Å². The lowest BCUT2D eigenvalue weighted by Crippen LogP contribution is -2.23. The standard InChI is InChI=1S/C11H9FO4/c12-6-1-2-7-9(5-6)16-4-3-8(10(7)13)11(14)15/h1-2,5,8H,3-4H2,(H,14,15). The Kier molecular flexibility index (Phi) is 2.60. The summed E-state index contributed by atoms with van der Waals surface area (Å²) in [6, 6.07) is 3.47. The Hall–Kier alpha value is -1.91. The third kappa shape index (κ3) is 1.76. The van der Waals surface area contributed by atoms with Crippen LogP contribution >= 0.6 is 0 Å². The van der Waals surface area contributed by atoms with E-state index in [0.29, 0.717) is 0 Å². The Morgan fingerprint density at radius 3 is 2.94 bits per heavy atom. The summed E-state index contributed by atoms with van der Waals surface area (Å²) in [4.78, 5) is 22.7. The van der Waals surface area contributed by atoms with Crippen LogP contribution in [0, 0.1) is 11.7 Å². The van der Waals surface area contributed by atoms with Crippen molar-refractivity contribution < 1.29 is 23.8 Å². The van der Waals surface area contributed by atoms with Crippen LogP contribution in [0.15, 0.2) is 18.2 Å². The molecule has 1 aromatic carbocycles. The number of carbonyl (C=O) groups excluding carboxylic acids is 1. The SMILES string of the molecule is O=C(O)C1CCOc2cc(F)ccc2C1=O. The number of ketones is 1. The maximum atomic E-state index is 12.9. The summed E-state index contributed by atoms with van der Waals surface area (Å²) in [5, 5.41) is 8.86. The van der Waals surface area contributed by atoms with Gasteiger partial charge >= 0.3 is 5.97 Å². The largest absolute Gasteiger partial charge is 0.493 e. The quantitative estimate of drug-likeness (QED) is 0.734. The molecule has 0 radical (unpaired) electrons. The summed E-state index contributed by atoms with van der Waals surface area (Å²) in [7, 11) is 0. The van der Waals surface area contributed by atoms with Gasteiger partial charge < -0.3 is 9.84 Å². The number of halogens is 1. The molecule has 0 aliphatic carbocycles. The van der Waals surface area contributed by atoms with E-state index in [4.69, 9.17) is 9.84 Å². The molecule has 84 valence electrons. The first kappa shape index (κ1) is 10.6. The molecular formula is C11H9FO4. The number of rotatable bonds is 1. The molecule has 1 unspecified atom stereocenters. The van der Waals surface area contributed by atoms with Crippen LogP contribution in [0.3, 0.4) is 0 Å². The molecule has 1 aromatic rings. The predicted molar refractivity (Wildman–Crippen MR) is 52.0 cm³/mol. The van der Waals surface area contributed by atoms with E-state index in [-0.39, 0.29) is 24.3 Å². The first-order valence-electron chi connectivity index (χ1n) is 4.79. The first-order chi connectivity index (χ1) is 7.59. The molecule has 0 saturated carbocycles. The molecule has 1 aliphatic rings. The van der Waals surface area contributed by atoms with E-state index < -0.39 is 23.5 Å². The number of Topliss-reactive ketones (excluding diaryl/α,β-unsaturated/α-hetero) is 1. The first-order valence-corrected chi connectivity index (χ1v) is 4.79. The molecule has 1 N–H and O–H groups in total. The van der Waals surface area contributed by atoms with Gasteiger partial charge in [0.2, 0.25) is 0 Å². The van der Waals surface area contributed by atoms with Crippen molar-refractivity contribution >= 4 is 11.8 Å². The average Bonchev–Trinajstić information content (AvgIpc) is 2.37. The van der Waals surface area contributed by atoms with Crippen molar-refractivity contribution in [3.63, 3.8) is 0 Å². The highest BCUT2D eigenvalue weighted by Gasteiger charge is 2.31. The van der Waals surface area contributed by atoms with E-state index in [2.05, 4.69) is 0 Å². The van der Waals surface area contributed by atoms with Crippen molar-refractivity contribution in [3.8, 4) is 5.75 Å². The van der Waals surface area contributed by atoms with E-state index in [9.17, 15) is 14.0 Å². The van der Waals surface area contributed by atoms with Gasteiger partial charge in [-0.15, -0.1) is 0 Å². The second-order valence-corrected chi connectivity index (χ2v) is 3.53. The van der Waals surface area contributed by atoms with Gasteiger partial charge in [0.25, 0.3) is 0 Å². The van der Waals surface area contributed by atoms with E-state index in [0.717, 1.165) is 12.1 Å². The minimum Gasteiger partial charge on any atom is -0.493 e. The molecule has 0 spiro atoms. The van der Waals surface area contributed by atoms with Crippen LogP contribution in [-0.2, 0) is 4.79 Å². The second-order valence-electron chi connectivity index (χ2n) is 3.53. The van der Waals surface area contributed by atoms with Gasteiger partial charge in [-0.25, -0.2) is 4.39 Å². The van der Waals surface area contributed by atoms with E-state index >= 15 is 0 Å². The molecule has 4 nitrogen and oxygen atoms in total. The second kappa shape index (κ2) is 3.92. The fourth-order valence-electron chi connectivity index (χ4n) is 1.66. The maximum absolute atomic E-state index is 12.9. The van der Waals surface area contributed by atoms with Gasteiger partial charge in [0.1, 0.15) is 17.5 Å². The summed E-state index contributed by atoms with van der Waals surface area (Å²) in [5.41, 5.74) is 0.131. The Morgan fingerprint density at radius 1 is 1.50 bits per heavy atom. The summed E-state index contributed by atoms with van der Waals surface area (Å²) in [6.07, 6.45) is 0.102. The van der Waals surface area contributed by atoms with Gasteiger partial charge in [0.15, 0.2) is 5.78 Å². The van der Waals surface area contributed by atoms with Crippen LogP contribution in [0.1, 0.15) is 16.8 Å². The molecule has 5 heteroatoms. The van der Waals surface area contributed by atoms with Crippen molar-refractivity contribution in [3.05, 3.63) is 29.6 Å². The molecule has 0 fully saturated rings.